The highest BCUT2D eigenvalue weighted by atomic mass is 16.5. The van der Waals surface area contributed by atoms with Crippen LogP contribution in [0.3, 0.4) is 0 Å². The summed E-state index contributed by atoms with van der Waals surface area (Å²) in [6.07, 6.45) is 13.3. The minimum atomic E-state index is 0.462. The van der Waals surface area contributed by atoms with E-state index in [0.717, 1.165) is 28.6 Å². The van der Waals surface area contributed by atoms with Crippen LogP contribution >= 0.6 is 0 Å². The average molecular weight is 387 g/mol. The Balaban J connectivity index is 1.44. The van der Waals surface area contributed by atoms with Gasteiger partial charge < -0.3 is 9.47 Å². The van der Waals surface area contributed by atoms with Gasteiger partial charge in [-0.05, 0) is 55.7 Å². The smallest absolute Gasteiger partial charge is 0.225 e. The fourth-order valence-electron chi connectivity index (χ4n) is 3.90. The van der Waals surface area contributed by atoms with Crippen molar-refractivity contribution in [2.24, 2.45) is 9.98 Å². The summed E-state index contributed by atoms with van der Waals surface area (Å²) in [7, 11) is 1.65. The predicted octanol–water partition coefficient (Wildman–Crippen LogP) is 5.02. The number of hydrogen-bond donors (Lipinski definition) is 0. The van der Waals surface area contributed by atoms with Crippen LogP contribution in [0.25, 0.3) is 0 Å². The number of hydrogen-bond acceptors (Lipinski definition) is 5. The van der Waals surface area contributed by atoms with E-state index in [9.17, 15) is 0 Å². The van der Waals surface area contributed by atoms with E-state index < -0.39 is 0 Å². The molecule has 146 valence electrons. The molecule has 0 amide bonds. The molecule has 0 N–H and O–H groups in total. The first kappa shape index (κ1) is 17.7. The summed E-state index contributed by atoms with van der Waals surface area (Å²) in [5, 5.41) is 2.42. The van der Waals surface area contributed by atoms with Crippen LogP contribution in [0.5, 0.6) is 17.2 Å². The van der Waals surface area contributed by atoms with Gasteiger partial charge in [0.15, 0.2) is 6.20 Å². The minimum absolute atomic E-state index is 0.462. The van der Waals surface area contributed by atoms with Gasteiger partial charge in [0, 0.05) is 6.07 Å². The van der Waals surface area contributed by atoms with Crippen LogP contribution in [0.4, 0.5) is 5.69 Å². The van der Waals surface area contributed by atoms with Crippen molar-refractivity contribution in [3.8, 4) is 17.2 Å². The molecule has 1 fully saturated rings. The standard InChI is InChI=1S/C23H23N4O2/c1-28-22-6-3-7-23(14-22)29-21-10-8-19(9-11-21)26(18-4-2-5-18)27-13-12-24-15-20(27)16-25-17-27/h3,6-18H,2,4-5H2,1H3/q+1. The number of methoxy groups -OCH3 is 1. The number of nitrogens with zero attached hydrogens (tertiary/aromatic N) is 4. The molecule has 1 saturated carbocycles. The Labute approximate surface area is 170 Å². The number of aliphatic imine (C=N–C) groups is 2. The van der Waals surface area contributed by atoms with E-state index in [1.807, 2.05) is 61.4 Å². The molecule has 1 aliphatic carbocycles. The highest BCUT2D eigenvalue weighted by Crippen LogP contribution is 2.39. The van der Waals surface area contributed by atoms with Crippen LogP contribution in [0.1, 0.15) is 19.3 Å². The normalized spacial score (nSPS) is 22.0. The topological polar surface area (TPSA) is 46.4 Å². The summed E-state index contributed by atoms with van der Waals surface area (Å²) in [4.78, 5) is 8.73. The number of allylic oxidation sites excluding steroid dienone is 1. The summed E-state index contributed by atoms with van der Waals surface area (Å²) in [6.45, 7) is 0. The number of anilines is 1. The molecule has 1 unspecified atom stereocenters. The summed E-state index contributed by atoms with van der Waals surface area (Å²) in [5.74, 6) is 2.32. The molecule has 29 heavy (non-hydrogen) atoms. The third-order valence-corrected chi connectivity index (χ3v) is 5.61. The van der Waals surface area contributed by atoms with E-state index in [1.165, 1.54) is 19.3 Å². The second-order valence-electron chi connectivity index (χ2n) is 7.34. The molecule has 1 atom stereocenters. The molecule has 2 aliphatic heterocycles. The van der Waals surface area contributed by atoms with Crippen LogP contribution in [-0.4, -0.2) is 30.3 Å². The van der Waals surface area contributed by atoms with Gasteiger partial charge in [-0.15, -0.1) is 4.59 Å². The highest BCUT2D eigenvalue weighted by Gasteiger charge is 2.46. The van der Waals surface area contributed by atoms with Crippen molar-refractivity contribution < 1.29 is 14.1 Å². The molecule has 2 aromatic rings. The molecule has 0 aromatic heterocycles. The Morgan fingerprint density at radius 2 is 1.83 bits per heavy atom. The maximum Gasteiger partial charge on any atom is 0.225 e. The molecule has 3 aliphatic rings. The van der Waals surface area contributed by atoms with Gasteiger partial charge in [-0.2, -0.15) is 0 Å². The zero-order chi connectivity index (χ0) is 19.7. The van der Waals surface area contributed by atoms with Crippen molar-refractivity contribution in [1.29, 1.82) is 0 Å². The Morgan fingerprint density at radius 1 is 1.00 bits per heavy atom. The average Bonchev–Trinajstić information content (AvgIpc) is 3.16. The van der Waals surface area contributed by atoms with Gasteiger partial charge >= 0.3 is 0 Å². The van der Waals surface area contributed by atoms with Crippen LogP contribution in [0, 0.1) is 0 Å². The van der Waals surface area contributed by atoms with E-state index >= 15 is 0 Å². The van der Waals surface area contributed by atoms with Gasteiger partial charge in [0.05, 0.1) is 37.5 Å². The van der Waals surface area contributed by atoms with Crippen molar-refractivity contribution in [3.63, 3.8) is 0 Å². The Kier molecular flexibility index (Phi) is 4.41. The van der Waals surface area contributed by atoms with E-state index in [2.05, 4.69) is 33.3 Å². The lowest BCUT2D eigenvalue weighted by Gasteiger charge is -2.46. The molecule has 0 saturated heterocycles. The number of rotatable bonds is 6. The maximum absolute atomic E-state index is 6.01. The first-order valence-corrected chi connectivity index (χ1v) is 9.85. The number of ether oxygens (including phenoxy) is 2. The maximum atomic E-state index is 6.01. The molecule has 5 rings (SSSR count). The second-order valence-corrected chi connectivity index (χ2v) is 7.34. The third kappa shape index (κ3) is 3.11. The molecule has 0 spiro atoms. The Morgan fingerprint density at radius 3 is 2.59 bits per heavy atom. The van der Waals surface area contributed by atoms with E-state index in [4.69, 9.17) is 9.47 Å². The number of fused-ring (bicyclic) bond motifs is 1. The fraction of sp³-hybridized carbons (Fsp3) is 0.217. The van der Waals surface area contributed by atoms with E-state index in [-0.39, 0.29) is 0 Å². The van der Waals surface area contributed by atoms with Gasteiger partial charge in [-0.1, -0.05) is 6.07 Å². The van der Waals surface area contributed by atoms with Crippen LogP contribution in [0.15, 0.2) is 82.8 Å². The Bertz CT molecular complexity index is 1020. The van der Waals surface area contributed by atoms with E-state index in [0.29, 0.717) is 10.6 Å². The summed E-state index contributed by atoms with van der Waals surface area (Å²) in [6, 6.07) is 16.3. The molecule has 6 nitrogen and oxygen atoms in total. The molecule has 2 aromatic carbocycles. The molecular formula is C23H23N4O2+. The minimum Gasteiger partial charge on any atom is -0.497 e. The molecule has 6 heteroatoms. The number of benzene rings is 2. The van der Waals surface area contributed by atoms with Gasteiger partial charge in [0.2, 0.25) is 12.0 Å². The zero-order valence-electron chi connectivity index (χ0n) is 16.3. The fourth-order valence-corrected chi connectivity index (χ4v) is 3.90. The van der Waals surface area contributed by atoms with Crippen molar-refractivity contribution in [3.05, 3.63) is 72.8 Å². The first-order chi connectivity index (χ1) is 14.3. The lowest BCUT2D eigenvalue weighted by molar-refractivity contribution is -0.746. The zero-order valence-corrected chi connectivity index (χ0v) is 16.3. The van der Waals surface area contributed by atoms with Gasteiger partial charge in [-0.25, -0.2) is 10.0 Å². The molecule has 0 bridgehead atoms. The van der Waals surface area contributed by atoms with E-state index in [1.54, 1.807) is 7.11 Å². The monoisotopic (exact) mass is 387 g/mol. The predicted molar refractivity (Wildman–Crippen MR) is 114 cm³/mol. The summed E-state index contributed by atoms with van der Waals surface area (Å²) < 4.78 is 11.7. The number of quaternary nitrogens is 1. The lowest BCUT2D eigenvalue weighted by Crippen LogP contribution is -2.61. The first-order valence-electron chi connectivity index (χ1n) is 9.85. The van der Waals surface area contributed by atoms with Crippen LogP contribution in [-0.2, 0) is 0 Å². The molecule has 0 radical (unpaired) electrons. The molecular weight excluding hydrogens is 364 g/mol. The Hall–Kier alpha value is -3.38. The van der Waals surface area contributed by atoms with Gasteiger partial charge in [0.25, 0.3) is 0 Å². The molecule has 2 heterocycles. The van der Waals surface area contributed by atoms with Crippen molar-refractivity contribution in [1.82, 2.24) is 0 Å². The summed E-state index contributed by atoms with van der Waals surface area (Å²) >= 11 is 0. The van der Waals surface area contributed by atoms with Crippen molar-refractivity contribution in [2.75, 3.05) is 12.1 Å². The lowest BCUT2D eigenvalue weighted by atomic mass is 9.92. The van der Waals surface area contributed by atoms with Crippen molar-refractivity contribution in [2.45, 2.75) is 25.3 Å². The summed E-state index contributed by atoms with van der Waals surface area (Å²) in [5.41, 5.74) is 2.18. The quantitative estimate of drug-likeness (QED) is 0.654. The third-order valence-electron chi connectivity index (χ3n) is 5.61. The largest absolute Gasteiger partial charge is 0.497 e. The SMILES string of the molecule is COc1cccc(Oc2ccc(N(C3CCC3)[N+]34C=CN=CC3=CN=C4)cc2)c1. The van der Waals surface area contributed by atoms with Crippen LogP contribution < -0.4 is 14.5 Å². The van der Waals surface area contributed by atoms with Gasteiger partial charge in [-0.3, -0.25) is 4.99 Å². The highest BCUT2D eigenvalue weighted by molar-refractivity contribution is 5.82. The van der Waals surface area contributed by atoms with Crippen LogP contribution in [0.2, 0.25) is 0 Å². The van der Waals surface area contributed by atoms with Gasteiger partial charge in [0.1, 0.15) is 17.2 Å². The second kappa shape index (κ2) is 7.22. The van der Waals surface area contributed by atoms with Crippen molar-refractivity contribution >= 4 is 18.2 Å².